The minimum absolute atomic E-state index is 0.216. The van der Waals surface area contributed by atoms with Crippen LogP contribution in [0.5, 0.6) is 0 Å². The van der Waals surface area contributed by atoms with E-state index in [1.54, 1.807) is 19.2 Å². The summed E-state index contributed by atoms with van der Waals surface area (Å²) >= 11 is 0. The third-order valence-corrected chi connectivity index (χ3v) is 7.53. The molecular formula is C31H40FN3O4. The van der Waals surface area contributed by atoms with Crippen LogP contribution in [0.1, 0.15) is 54.8 Å². The first-order chi connectivity index (χ1) is 19.0. The molecule has 8 heteroatoms. The Balaban J connectivity index is 1.33. The number of carbonyl (C=O) groups is 2. The molecule has 1 fully saturated rings. The zero-order chi connectivity index (χ0) is 27.6. The second-order valence-corrected chi connectivity index (χ2v) is 10.2. The van der Waals surface area contributed by atoms with Crippen molar-refractivity contribution >= 4 is 28.6 Å². The van der Waals surface area contributed by atoms with Crippen molar-refractivity contribution in [1.82, 2.24) is 9.47 Å². The molecule has 1 aromatic heterocycles. The maximum absolute atomic E-state index is 13.2. The lowest BCUT2D eigenvalue weighted by Crippen LogP contribution is -2.39. The van der Waals surface area contributed by atoms with Crippen LogP contribution in [0.2, 0.25) is 0 Å². The number of anilines is 1. The molecule has 210 valence electrons. The van der Waals surface area contributed by atoms with Gasteiger partial charge < -0.3 is 18.9 Å². The summed E-state index contributed by atoms with van der Waals surface area (Å²) in [4.78, 5) is 26.8. The first kappa shape index (κ1) is 28.6. The number of para-hydroxylation sites is 1. The van der Waals surface area contributed by atoms with Crippen molar-refractivity contribution in [2.24, 2.45) is 0 Å². The Kier molecular flexibility index (Phi) is 10.4. The van der Waals surface area contributed by atoms with Crippen molar-refractivity contribution in [2.45, 2.75) is 57.9 Å². The van der Waals surface area contributed by atoms with Gasteiger partial charge in [0.05, 0.1) is 0 Å². The highest BCUT2D eigenvalue weighted by Crippen LogP contribution is 2.36. The fourth-order valence-electron chi connectivity index (χ4n) is 5.70. The number of hydrogen-bond donors (Lipinski definition) is 1. The largest absolute Gasteiger partial charge is 0.447 e. The van der Waals surface area contributed by atoms with Crippen LogP contribution in [-0.2, 0) is 27.2 Å². The molecule has 0 bridgehead atoms. The molecule has 2 heterocycles. The zero-order valence-corrected chi connectivity index (χ0v) is 23.1. The van der Waals surface area contributed by atoms with Gasteiger partial charge in [0.15, 0.2) is 0 Å². The van der Waals surface area contributed by atoms with E-state index in [4.69, 9.17) is 4.74 Å². The Labute approximate surface area is 230 Å². The summed E-state index contributed by atoms with van der Waals surface area (Å²) in [6, 6.07) is 16.0. The van der Waals surface area contributed by atoms with E-state index < -0.39 is 12.8 Å². The number of methoxy groups -OCH3 is 1. The van der Waals surface area contributed by atoms with Gasteiger partial charge in [-0.05, 0) is 68.4 Å². The van der Waals surface area contributed by atoms with Crippen LogP contribution in [-0.4, -0.2) is 61.6 Å². The molecule has 0 radical (unpaired) electrons. The molecule has 0 saturated carbocycles. The van der Waals surface area contributed by atoms with Crippen molar-refractivity contribution in [3.05, 3.63) is 65.4 Å². The molecule has 2 aromatic carbocycles. The topological polar surface area (TPSA) is 72.8 Å². The first-order valence-electron chi connectivity index (χ1n) is 13.9. The van der Waals surface area contributed by atoms with Crippen LogP contribution in [0.4, 0.5) is 14.9 Å². The van der Waals surface area contributed by atoms with Crippen molar-refractivity contribution in [3.8, 4) is 0 Å². The highest BCUT2D eigenvalue weighted by Gasteiger charge is 2.29. The number of aryl methyl sites for hydroxylation is 3. The number of alkyl halides is 1. The lowest BCUT2D eigenvalue weighted by atomic mass is 9.91. The third kappa shape index (κ3) is 7.38. The quantitative estimate of drug-likeness (QED) is 0.278. The molecule has 1 N–H and O–H groups in total. The van der Waals surface area contributed by atoms with Gasteiger partial charge in [0, 0.05) is 68.0 Å². The Bertz CT molecular complexity index is 1240. The Morgan fingerprint density at radius 2 is 1.87 bits per heavy atom. The number of benzene rings is 2. The standard InChI is InChI=1S/C31H40FN3O4/c1-23-27-10-3-4-11-28(27)35(19-7-20-38-2)30(23)25-9-6-18-34(22-25)29(36)12-5-8-24-13-15-26(16-14-24)33-31(37)39-21-17-32/h3-4,10-11,13-16,25H,5-9,12,17-22H2,1-2H3,(H,33,37). The molecule has 1 atom stereocenters. The number of nitrogens with one attached hydrogen (secondary N) is 1. The summed E-state index contributed by atoms with van der Waals surface area (Å²) in [5, 5.41) is 3.87. The number of rotatable bonds is 12. The lowest BCUT2D eigenvalue weighted by molar-refractivity contribution is -0.132. The molecule has 2 amide bonds. The number of ether oxygens (including phenoxy) is 2. The number of likely N-dealkylation sites (tertiary alicyclic amines) is 1. The van der Waals surface area contributed by atoms with E-state index in [-0.39, 0.29) is 12.5 Å². The number of piperidine rings is 1. The minimum Gasteiger partial charge on any atom is -0.447 e. The Morgan fingerprint density at radius 3 is 2.64 bits per heavy atom. The van der Waals surface area contributed by atoms with Crippen LogP contribution in [0.15, 0.2) is 48.5 Å². The molecule has 3 aromatic rings. The van der Waals surface area contributed by atoms with Gasteiger partial charge in [-0.2, -0.15) is 0 Å². The van der Waals surface area contributed by atoms with E-state index in [0.717, 1.165) is 63.9 Å². The molecule has 7 nitrogen and oxygen atoms in total. The van der Waals surface area contributed by atoms with E-state index in [0.29, 0.717) is 18.0 Å². The SMILES string of the molecule is COCCCn1c(C2CCCN(C(=O)CCCc3ccc(NC(=O)OCCF)cc3)C2)c(C)c2ccccc21. The van der Waals surface area contributed by atoms with Crippen molar-refractivity contribution in [1.29, 1.82) is 0 Å². The van der Waals surface area contributed by atoms with Crippen molar-refractivity contribution in [3.63, 3.8) is 0 Å². The van der Waals surface area contributed by atoms with Crippen molar-refractivity contribution < 1.29 is 23.5 Å². The van der Waals surface area contributed by atoms with Crippen LogP contribution >= 0.6 is 0 Å². The fraction of sp³-hybridized carbons (Fsp3) is 0.484. The molecule has 39 heavy (non-hydrogen) atoms. The minimum atomic E-state index is -0.706. The van der Waals surface area contributed by atoms with Crippen molar-refractivity contribution in [2.75, 3.05) is 45.4 Å². The number of hydrogen-bond acceptors (Lipinski definition) is 4. The molecule has 1 aliphatic heterocycles. The van der Waals surface area contributed by atoms with Crippen LogP contribution < -0.4 is 5.32 Å². The average Bonchev–Trinajstić information content (AvgIpc) is 3.24. The van der Waals surface area contributed by atoms with Gasteiger partial charge in [-0.25, -0.2) is 9.18 Å². The molecule has 0 aliphatic carbocycles. The predicted molar refractivity (Wildman–Crippen MR) is 152 cm³/mol. The van der Waals surface area contributed by atoms with Crippen LogP contribution in [0.25, 0.3) is 10.9 Å². The van der Waals surface area contributed by atoms with Gasteiger partial charge in [-0.15, -0.1) is 0 Å². The predicted octanol–water partition coefficient (Wildman–Crippen LogP) is 6.23. The number of carbonyl (C=O) groups excluding carboxylic acids is 2. The van der Waals surface area contributed by atoms with Gasteiger partial charge in [-0.1, -0.05) is 30.3 Å². The summed E-state index contributed by atoms with van der Waals surface area (Å²) in [5.74, 6) is 0.544. The van der Waals surface area contributed by atoms with E-state index in [9.17, 15) is 14.0 Å². The molecule has 0 spiro atoms. The number of aromatic nitrogens is 1. The summed E-state index contributed by atoms with van der Waals surface area (Å²) < 4.78 is 24.6. The Morgan fingerprint density at radius 1 is 1.08 bits per heavy atom. The highest BCUT2D eigenvalue weighted by molar-refractivity contribution is 5.86. The molecule has 1 aliphatic rings. The second-order valence-electron chi connectivity index (χ2n) is 10.2. The Hall–Kier alpha value is -3.39. The van der Waals surface area contributed by atoms with Gasteiger partial charge in [0.25, 0.3) is 0 Å². The first-order valence-corrected chi connectivity index (χ1v) is 13.9. The fourth-order valence-corrected chi connectivity index (χ4v) is 5.70. The van der Waals surface area contributed by atoms with E-state index in [1.807, 2.05) is 12.1 Å². The maximum atomic E-state index is 13.2. The summed E-state index contributed by atoms with van der Waals surface area (Å²) in [6.07, 6.45) is 4.45. The van der Waals surface area contributed by atoms with Crippen LogP contribution in [0.3, 0.4) is 0 Å². The maximum Gasteiger partial charge on any atom is 0.411 e. The van der Waals surface area contributed by atoms with Crippen LogP contribution in [0, 0.1) is 6.92 Å². The number of halogens is 1. The molecular weight excluding hydrogens is 497 g/mol. The third-order valence-electron chi connectivity index (χ3n) is 7.53. The molecule has 4 rings (SSSR count). The average molecular weight is 538 g/mol. The van der Waals surface area contributed by atoms with E-state index in [1.165, 1.54) is 22.2 Å². The molecule has 1 saturated heterocycles. The van der Waals surface area contributed by atoms with Gasteiger partial charge in [0.2, 0.25) is 5.91 Å². The zero-order valence-electron chi connectivity index (χ0n) is 23.1. The smallest absolute Gasteiger partial charge is 0.411 e. The van der Waals surface area contributed by atoms with E-state index >= 15 is 0 Å². The van der Waals surface area contributed by atoms with E-state index in [2.05, 4.69) is 50.7 Å². The number of fused-ring (bicyclic) bond motifs is 1. The normalized spacial score (nSPS) is 15.5. The second kappa shape index (κ2) is 14.1. The number of nitrogens with zero attached hydrogens (tertiary/aromatic N) is 2. The highest BCUT2D eigenvalue weighted by atomic mass is 19.1. The monoisotopic (exact) mass is 537 g/mol. The van der Waals surface area contributed by atoms with Gasteiger partial charge in [-0.3, -0.25) is 10.1 Å². The lowest BCUT2D eigenvalue weighted by Gasteiger charge is -2.34. The van der Waals surface area contributed by atoms with Gasteiger partial charge >= 0.3 is 6.09 Å². The number of amides is 2. The summed E-state index contributed by atoms with van der Waals surface area (Å²) in [7, 11) is 1.74. The molecule has 1 unspecified atom stereocenters. The summed E-state index contributed by atoms with van der Waals surface area (Å²) in [5.41, 5.74) is 5.65. The summed E-state index contributed by atoms with van der Waals surface area (Å²) in [6.45, 7) is 4.48. The van der Waals surface area contributed by atoms with Gasteiger partial charge in [0.1, 0.15) is 13.3 Å².